The van der Waals surface area contributed by atoms with Gasteiger partial charge in [0.25, 0.3) is 0 Å². The van der Waals surface area contributed by atoms with Gasteiger partial charge in [-0.05, 0) is 0 Å². The number of hydrogen-bond donors (Lipinski definition) is 0. The third kappa shape index (κ3) is 3.12. The van der Waals surface area contributed by atoms with Crippen molar-refractivity contribution in [2.45, 2.75) is 6.42 Å². The summed E-state index contributed by atoms with van der Waals surface area (Å²) in [7, 11) is 0. The van der Waals surface area contributed by atoms with Gasteiger partial charge in [0.2, 0.25) is 0 Å². The van der Waals surface area contributed by atoms with Crippen LogP contribution in [-0.2, 0) is 34.3 Å². The van der Waals surface area contributed by atoms with E-state index >= 15 is 0 Å². The first-order chi connectivity index (χ1) is 3.00. The molecule has 0 atom stereocenters. The third-order valence-electron chi connectivity index (χ3n) is 0.552. The Morgan fingerprint density at radius 3 is 1.71 bits per heavy atom. The molecule has 7 heavy (non-hydrogen) atoms. The maximum absolute atomic E-state index is 4.35. The second-order valence-electron chi connectivity index (χ2n) is 1.07. The van der Waals surface area contributed by atoms with Crippen LogP contribution in [0.1, 0.15) is 6.42 Å². The van der Waals surface area contributed by atoms with E-state index in [-0.39, 0.29) is 19.5 Å². The molecule has 0 aromatic heterocycles. The molecule has 0 amide bonds. The fourth-order valence-electron chi connectivity index (χ4n) is 0.279. The molecule has 0 bridgehead atoms. The molecule has 0 N–H and O–H groups in total. The molecular weight excluding hydrogens is 185 g/mol. The topological polar surface area (TPSA) is 27.7 Å². The van der Waals surface area contributed by atoms with E-state index in [9.17, 15) is 0 Å². The van der Waals surface area contributed by atoms with Crippen LogP contribution >= 0.6 is 0 Å². The summed E-state index contributed by atoms with van der Waals surface area (Å²) < 4.78 is 0. The Bertz CT molecular complexity index is 25.7. The molecule has 0 radical (unpaired) electrons. The Hall–Kier alpha value is 0.503. The van der Waals surface area contributed by atoms with Crippen molar-refractivity contribution >= 4 is 0 Å². The van der Waals surface area contributed by atoms with E-state index in [0.29, 0.717) is 13.2 Å². The van der Waals surface area contributed by atoms with Crippen LogP contribution in [0.25, 0.3) is 0 Å². The summed E-state index contributed by atoms with van der Waals surface area (Å²) >= 11 is 0. The zero-order valence-corrected chi connectivity index (χ0v) is 5.44. The van der Waals surface area contributed by atoms with Crippen LogP contribution in [0.4, 0.5) is 0 Å². The molecule has 0 aromatic rings. The summed E-state index contributed by atoms with van der Waals surface area (Å²) in [6, 6.07) is 0. The van der Waals surface area contributed by atoms with Gasteiger partial charge < -0.3 is 0 Å². The molecule has 44 valence electrons. The van der Waals surface area contributed by atoms with E-state index in [0.717, 1.165) is 6.42 Å². The third-order valence-corrected chi connectivity index (χ3v) is 0.552. The molecule has 3 nitrogen and oxygen atoms in total. The molecule has 1 saturated heterocycles. The van der Waals surface area contributed by atoms with Gasteiger partial charge in [-0.1, -0.05) is 5.04 Å². The largest absolute Gasteiger partial charge is 0.206 e. The van der Waals surface area contributed by atoms with E-state index in [4.69, 9.17) is 0 Å². The maximum atomic E-state index is 4.35. The summed E-state index contributed by atoms with van der Waals surface area (Å²) in [5.74, 6) is 0. The minimum absolute atomic E-state index is 0. The Labute approximate surface area is 54.5 Å². The van der Waals surface area contributed by atoms with Crippen molar-refractivity contribution in [2.75, 3.05) is 13.2 Å². The SMILES string of the molecule is C1COOOC1.[Ru]. The summed E-state index contributed by atoms with van der Waals surface area (Å²) in [6.45, 7) is 1.31. The fraction of sp³-hybridized carbons (Fsp3) is 1.00. The van der Waals surface area contributed by atoms with Gasteiger partial charge in [0.1, 0.15) is 0 Å². The van der Waals surface area contributed by atoms with Gasteiger partial charge in [-0.3, -0.25) is 0 Å². The van der Waals surface area contributed by atoms with Gasteiger partial charge in [-0.15, -0.1) is 0 Å². The van der Waals surface area contributed by atoms with Crippen molar-refractivity contribution < 1.29 is 34.3 Å². The van der Waals surface area contributed by atoms with Gasteiger partial charge in [0, 0.05) is 25.9 Å². The number of rotatable bonds is 0. The molecule has 1 rings (SSSR count). The van der Waals surface area contributed by atoms with Crippen LogP contribution in [0.3, 0.4) is 0 Å². The first kappa shape index (κ1) is 7.50. The predicted octanol–water partition coefficient (Wildman–Crippen LogP) is 0.267. The molecule has 0 spiro atoms. The summed E-state index contributed by atoms with van der Waals surface area (Å²) in [4.78, 5) is 8.69. The van der Waals surface area contributed by atoms with Crippen LogP contribution in [0.5, 0.6) is 0 Å². The molecule has 4 heteroatoms. The molecule has 1 heterocycles. The van der Waals surface area contributed by atoms with Crippen molar-refractivity contribution in [2.24, 2.45) is 0 Å². The van der Waals surface area contributed by atoms with Crippen molar-refractivity contribution in [3.63, 3.8) is 0 Å². The standard InChI is InChI=1S/C3H6O3.Ru/c1-2-4-6-5-3-1;/h1-3H2;. The predicted molar refractivity (Wildman–Crippen MR) is 17.6 cm³/mol. The van der Waals surface area contributed by atoms with Crippen molar-refractivity contribution in [1.29, 1.82) is 0 Å². The molecule has 1 fully saturated rings. The molecular formula is C3H6O3Ru. The van der Waals surface area contributed by atoms with Crippen molar-refractivity contribution in [1.82, 2.24) is 0 Å². The average Bonchev–Trinajstić information content (AvgIpc) is 1.72. The molecule has 1 aliphatic rings. The van der Waals surface area contributed by atoms with Crippen LogP contribution in [0.15, 0.2) is 0 Å². The maximum Gasteiger partial charge on any atom is 0.0877 e. The second-order valence-corrected chi connectivity index (χ2v) is 1.07. The number of hydrogen-bond acceptors (Lipinski definition) is 3. The Kier molecular flexibility index (Phi) is 4.99. The molecule has 0 aliphatic carbocycles. The van der Waals surface area contributed by atoms with Crippen LogP contribution in [0.2, 0.25) is 0 Å². The van der Waals surface area contributed by atoms with Crippen molar-refractivity contribution in [3.05, 3.63) is 0 Å². The van der Waals surface area contributed by atoms with Gasteiger partial charge in [0.05, 0.1) is 13.2 Å². The first-order valence-electron chi connectivity index (χ1n) is 1.91. The summed E-state index contributed by atoms with van der Waals surface area (Å²) in [5, 5.41) is 4.07. The van der Waals surface area contributed by atoms with Gasteiger partial charge >= 0.3 is 0 Å². The van der Waals surface area contributed by atoms with E-state index in [1.807, 2.05) is 0 Å². The van der Waals surface area contributed by atoms with Crippen LogP contribution in [-0.4, -0.2) is 13.2 Å². The summed E-state index contributed by atoms with van der Waals surface area (Å²) in [5.41, 5.74) is 0. The average molecular weight is 191 g/mol. The van der Waals surface area contributed by atoms with E-state index in [2.05, 4.69) is 14.8 Å². The van der Waals surface area contributed by atoms with Crippen LogP contribution < -0.4 is 0 Å². The molecule has 0 aromatic carbocycles. The minimum atomic E-state index is 0. The smallest absolute Gasteiger partial charge is 0.0877 e. The first-order valence-corrected chi connectivity index (χ1v) is 1.91. The Balaban J connectivity index is 0.000000360. The monoisotopic (exact) mass is 192 g/mol. The minimum Gasteiger partial charge on any atom is -0.206 e. The van der Waals surface area contributed by atoms with E-state index in [1.54, 1.807) is 0 Å². The Morgan fingerprint density at radius 1 is 1.00 bits per heavy atom. The summed E-state index contributed by atoms with van der Waals surface area (Å²) in [6.07, 6.45) is 0.931. The molecule has 0 saturated carbocycles. The zero-order chi connectivity index (χ0) is 4.24. The molecule has 0 unspecified atom stereocenters. The Morgan fingerprint density at radius 2 is 1.57 bits per heavy atom. The van der Waals surface area contributed by atoms with Crippen molar-refractivity contribution in [3.8, 4) is 0 Å². The van der Waals surface area contributed by atoms with Crippen LogP contribution in [0, 0.1) is 0 Å². The second kappa shape index (κ2) is 4.66. The zero-order valence-electron chi connectivity index (χ0n) is 3.70. The quantitative estimate of drug-likeness (QED) is 0.406. The fourth-order valence-corrected chi connectivity index (χ4v) is 0.279. The normalized spacial score (nSPS) is 20.6. The van der Waals surface area contributed by atoms with Gasteiger partial charge in [-0.2, -0.15) is 0 Å². The van der Waals surface area contributed by atoms with E-state index in [1.165, 1.54) is 0 Å². The van der Waals surface area contributed by atoms with Gasteiger partial charge in [0.15, 0.2) is 0 Å². The molecule has 1 aliphatic heterocycles. The van der Waals surface area contributed by atoms with E-state index < -0.39 is 0 Å². The van der Waals surface area contributed by atoms with Gasteiger partial charge in [-0.25, -0.2) is 9.78 Å².